The molecule has 0 radical (unpaired) electrons. The van der Waals surface area contributed by atoms with Gasteiger partial charge in [-0.1, -0.05) is 6.92 Å². The molecule has 0 rings (SSSR count). The van der Waals surface area contributed by atoms with Gasteiger partial charge in [-0.25, -0.2) is 0 Å². The van der Waals surface area contributed by atoms with E-state index >= 15 is 0 Å². The lowest BCUT2D eigenvalue weighted by Crippen LogP contribution is -2.30. The molecule has 0 aromatic carbocycles. The van der Waals surface area contributed by atoms with Crippen LogP contribution >= 0.6 is 0 Å². The molecule has 0 aliphatic rings. The van der Waals surface area contributed by atoms with Gasteiger partial charge >= 0.3 is 5.97 Å². The summed E-state index contributed by atoms with van der Waals surface area (Å²) in [6.45, 7) is 2.28. The number of hydrogen-bond donors (Lipinski definition) is 2. The van der Waals surface area contributed by atoms with Crippen molar-refractivity contribution in [1.82, 2.24) is 4.90 Å². The van der Waals surface area contributed by atoms with Crippen LogP contribution in [0.2, 0.25) is 0 Å². The molecule has 0 amide bonds. The van der Waals surface area contributed by atoms with Gasteiger partial charge in [0.2, 0.25) is 0 Å². The highest BCUT2D eigenvalue weighted by molar-refractivity contribution is 5.77. The van der Waals surface area contributed by atoms with Gasteiger partial charge in [-0.15, -0.1) is 0 Å². The van der Waals surface area contributed by atoms with E-state index < -0.39 is 5.97 Å². The predicted octanol–water partition coefficient (Wildman–Crippen LogP) is 0.364. The van der Waals surface area contributed by atoms with Gasteiger partial charge in [0.15, 0.2) is 5.96 Å². The standard InChI is InChI=1S/C9H19N3O2/c1-7(8(13)14)5-4-6-11-9(10)12(2)3/h7H,4-6H2,1-3H3,(H2,10,11)(H,13,14)/t7-/m0/s1. The predicted molar refractivity (Wildman–Crippen MR) is 56.2 cm³/mol. The molecule has 0 fully saturated rings. The van der Waals surface area contributed by atoms with Crippen LogP contribution < -0.4 is 5.73 Å². The van der Waals surface area contributed by atoms with E-state index in [-0.39, 0.29) is 5.92 Å². The smallest absolute Gasteiger partial charge is 0.306 e. The summed E-state index contributed by atoms with van der Waals surface area (Å²) in [5, 5.41) is 8.61. The highest BCUT2D eigenvalue weighted by Gasteiger charge is 2.09. The molecule has 0 unspecified atom stereocenters. The quantitative estimate of drug-likeness (QED) is 0.382. The molecule has 5 nitrogen and oxygen atoms in total. The third kappa shape index (κ3) is 5.40. The van der Waals surface area contributed by atoms with E-state index in [2.05, 4.69) is 4.99 Å². The van der Waals surface area contributed by atoms with Crippen LogP contribution in [0, 0.1) is 5.92 Å². The van der Waals surface area contributed by atoms with E-state index in [4.69, 9.17) is 10.8 Å². The van der Waals surface area contributed by atoms with E-state index in [1.165, 1.54) is 0 Å². The number of guanidine groups is 1. The van der Waals surface area contributed by atoms with Crippen molar-refractivity contribution in [3.63, 3.8) is 0 Å². The van der Waals surface area contributed by atoms with Crippen molar-refractivity contribution in [2.24, 2.45) is 16.6 Å². The zero-order valence-corrected chi connectivity index (χ0v) is 9.03. The maximum atomic E-state index is 10.5. The summed E-state index contributed by atoms with van der Waals surface area (Å²) in [6.07, 6.45) is 1.39. The number of rotatable bonds is 5. The van der Waals surface area contributed by atoms with E-state index in [1.54, 1.807) is 11.8 Å². The van der Waals surface area contributed by atoms with Crippen molar-refractivity contribution >= 4 is 11.9 Å². The maximum absolute atomic E-state index is 10.5. The van der Waals surface area contributed by atoms with Gasteiger partial charge in [-0.05, 0) is 12.8 Å². The molecule has 0 bridgehead atoms. The zero-order valence-electron chi connectivity index (χ0n) is 9.03. The number of carboxylic acids is 1. The normalized spacial score (nSPS) is 13.8. The van der Waals surface area contributed by atoms with E-state index in [0.717, 1.165) is 6.42 Å². The average Bonchev–Trinajstić information content (AvgIpc) is 2.11. The van der Waals surface area contributed by atoms with E-state index in [0.29, 0.717) is 18.9 Å². The SMILES string of the molecule is C[C@@H](CCCN=C(N)N(C)C)C(=O)O. The van der Waals surface area contributed by atoms with Crippen LogP contribution in [0.1, 0.15) is 19.8 Å². The second kappa shape index (κ2) is 6.23. The summed E-state index contributed by atoms with van der Waals surface area (Å²) in [7, 11) is 3.64. The summed E-state index contributed by atoms with van der Waals surface area (Å²) < 4.78 is 0. The number of carboxylic acid groups (broad SMARTS) is 1. The third-order valence-electron chi connectivity index (χ3n) is 1.95. The molecule has 0 aliphatic carbocycles. The number of aliphatic imine (C=N–C) groups is 1. The Morgan fingerprint density at radius 1 is 1.57 bits per heavy atom. The summed E-state index contributed by atoms with van der Waals surface area (Å²) in [4.78, 5) is 16.3. The Hall–Kier alpha value is -1.26. The zero-order chi connectivity index (χ0) is 11.1. The third-order valence-corrected chi connectivity index (χ3v) is 1.95. The lowest BCUT2D eigenvalue weighted by Gasteiger charge is -2.10. The lowest BCUT2D eigenvalue weighted by atomic mass is 10.1. The highest BCUT2D eigenvalue weighted by atomic mass is 16.4. The number of carbonyl (C=O) groups is 1. The van der Waals surface area contributed by atoms with Crippen molar-refractivity contribution in [1.29, 1.82) is 0 Å². The number of aliphatic carboxylic acids is 1. The molecule has 5 heteroatoms. The van der Waals surface area contributed by atoms with Crippen LogP contribution in [0.5, 0.6) is 0 Å². The lowest BCUT2D eigenvalue weighted by molar-refractivity contribution is -0.141. The molecular formula is C9H19N3O2. The Bertz CT molecular complexity index is 214. The Balaban J connectivity index is 3.66. The number of hydrogen-bond acceptors (Lipinski definition) is 2. The minimum absolute atomic E-state index is 0.300. The molecular weight excluding hydrogens is 182 g/mol. The van der Waals surface area contributed by atoms with Gasteiger partial charge in [-0.2, -0.15) is 0 Å². The number of nitrogens with zero attached hydrogens (tertiary/aromatic N) is 2. The van der Waals surface area contributed by atoms with Crippen LogP contribution in [-0.2, 0) is 4.79 Å². The van der Waals surface area contributed by atoms with Crippen LogP contribution in [0.4, 0.5) is 0 Å². The Labute approximate surface area is 84.6 Å². The van der Waals surface area contributed by atoms with E-state index in [1.807, 2.05) is 14.1 Å². The Morgan fingerprint density at radius 2 is 2.14 bits per heavy atom. The molecule has 1 atom stereocenters. The molecule has 3 N–H and O–H groups in total. The first-order valence-electron chi connectivity index (χ1n) is 4.65. The molecule has 82 valence electrons. The van der Waals surface area contributed by atoms with Crippen LogP contribution in [-0.4, -0.2) is 42.6 Å². The summed E-state index contributed by atoms with van der Waals surface area (Å²) in [6, 6.07) is 0. The summed E-state index contributed by atoms with van der Waals surface area (Å²) in [5.74, 6) is -0.576. The van der Waals surface area contributed by atoms with E-state index in [9.17, 15) is 4.79 Å². The Morgan fingerprint density at radius 3 is 2.57 bits per heavy atom. The minimum Gasteiger partial charge on any atom is -0.481 e. The van der Waals surface area contributed by atoms with Crippen molar-refractivity contribution < 1.29 is 9.90 Å². The fourth-order valence-electron chi connectivity index (χ4n) is 0.856. The molecule has 0 spiro atoms. The first-order valence-corrected chi connectivity index (χ1v) is 4.65. The summed E-state index contributed by atoms with van der Waals surface area (Å²) >= 11 is 0. The van der Waals surface area contributed by atoms with Crippen molar-refractivity contribution in [3.05, 3.63) is 0 Å². The van der Waals surface area contributed by atoms with Crippen molar-refractivity contribution in [2.75, 3.05) is 20.6 Å². The second-order valence-electron chi connectivity index (χ2n) is 3.52. The first-order chi connectivity index (χ1) is 6.45. The number of nitrogens with two attached hydrogens (primary N) is 1. The van der Waals surface area contributed by atoms with Gasteiger partial charge in [-0.3, -0.25) is 9.79 Å². The van der Waals surface area contributed by atoms with Gasteiger partial charge < -0.3 is 15.7 Å². The molecule has 0 saturated carbocycles. The topological polar surface area (TPSA) is 78.9 Å². The van der Waals surface area contributed by atoms with Gasteiger partial charge in [0.05, 0.1) is 5.92 Å². The largest absolute Gasteiger partial charge is 0.481 e. The van der Waals surface area contributed by atoms with Crippen molar-refractivity contribution in [2.45, 2.75) is 19.8 Å². The van der Waals surface area contributed by atoms with Gasteiger partial charge in [0.1, 0.15) is 0 Å². The fraction of sp³-hybridized carbons (Fsp3) is 0.778. The molecule has 0 aliphatic heterocycles. The van der Waals surface area contributed by atoms with Crippen molar-refractivity contribution in [3.8, 4) is 0 Å². The summed E-state index contributed by atoms with van der Waals surface area (Å²) in [5.41, 5.74) is 5.55. The van der Waals surface area contributed by atoms with Gasteiger partial charge in [0, 0.05) is 20.6 Å². The molecule has 0 heterocycles. The van der Waals surface area contributed by atoms with Gasteiger partial charge in [0.25, 0.3) is 0 Å². The van der Waals surface area contributed by atoms with Crippen LogP contribution in [0.25, 0.3) is 0 Å². The second-order valence-corrected chi connectivity index (χ2v) is 3.52. The molecule has 0 saturated heterocycles. The molecule has 14 heavy (non-hydrogen) atoms. The minimum atomic E-state index is -0.755. The fourth-order valence-corrected chi connectivity index (χ4v) is 0.856. The highest BCUT2D eigenvalue weighted by Crippen LogP contribution is 2.05. The molecule has 0 aromatic heterocycles. The van der Waals surface area contributed by atoms with Crippen LogP contribution in [0.15, 0.2) is 4.99 Å². The average molecular weight is 201 g/mol. The Kier molecular flexibility index (Phi) is 5.67. The first kappa shape index (κ1) is 12.7. The maximum Gasteiger partial charge on any atom is 0.306 e. The van der Waals surface area contributed by atoms with Crippen LogP contribution in [0.3, 0.4) is 0 Å². The monoisotopic (exact) mass is 201 g/mol. The molecule has 0 aromatic rings.